The third-order valence-electron chi connectivity index (χ3n) is 2.20. The minimum absolute atomic E-state index is 0. The number of nitrogens with zero attached hydrogens (tertiary/aromatic N) is 1. The number of hydrogen-bond acceptors (Lipinski definition) is 2. The predicted molar refractivity (Wildman–Crippen MR) is 67.1 cm³/mol. The van der Waals surface area contributed by atoms with Crippen molar-refractivity contribution in [1.82, 2.24) is 4.90 Å². The van der Waals surface area contributed by atoms with Crippen LogP contribution in [0.25, 0.3) is 0 Å². The maximum Gasteiger partial charge on any atom is 0.232 e. The first-order valence-corrected chi connectivity index (χ1v) is 5.51. The predicted octanol–water partition coefficient (Wildman–Crippen LogP) is 2.32. The molecule has 0 aromatic carbocycles. The van der Waals surface area contributed by atoms with Crippen molar-refractivity contribution in [3.63, 3.8) is 0 Å². The summed E-state index contributed by atoms with van der Waals surface area (Å²) in [5.41, 5.74) is 0. The Labute approximate surface area is 99.7 Å². The summed E-state index contributed by atoms with van der Waals surface area (Å²) in [5, 5.41) is 0. The van der Waals surface area contributed by atoms with Crippen molar-refractivity contribution in [1.29, 1.82) is 0 Å². The van der Waals surface area contributed by atoms with E-state index in [-0.39, 0.29) is 31.2 Å². The van der Waals surface area contributed by atoms with E-state index in [1.54, 1.807) is 0 Å². The van der Waals surface area contributed by atoms with E-state index in [1.807, 2.05) is 20.8 Å². The summed E-state index contributed by atoms with van der Waals surface area (Å²) in [6.07, 6.45) is 2.35. The Hall–Kier alpha value is -0.510. The second kappa shape index (κ2) is 8.77. The van der Waals surface area contributed by atoms with E-state index in [1.165, 1.54) is 4.90 Å². The lowest BCUT2D eigenvalue weighted by Crippen LogP contribution is -2.31. The van der Waals surface area contributed by atoms with E-state index in [0.29, 0.717) is 13.0 Å². The number of hydrogen-bond donors (Lipinski definition) is 0. The molecule has 1 fully saturated rings. The quantitative estimate of drug-likeness (QED) is 0.702. The van der Waals surface area contributed by atoms with Gasteiger partial charge in [0.25, 0.3) is 0 Å². The van der Waals surface area contributed by atoms with Gasteiger partial charge in [-0.2, -0.15) is 13.5 Å². The molecule has 0 aliphatic carbocycles. The summed E-state index contributed by atoms with van der Waals surface area (Å²) in [7, 11) is 0. The smallest absolute Gasteiger partial charge is 0.232 e. The molecule has 90 valence electrons. The van der Waals surface area contributed by atoms with Crippen molar-refractivity contribution in [3.05, 3.63) is 0 Å². The van der Waals surface area contributed by atoms with Gasteiger partial charge in [0, 0.05) is 18.9 Å². The second-order valence-corrected chi connectivity index (χ2v) is 3.34. The fourth-order valence-electron chi connectivity index (χ4n) is 1.40. The van der Waals surface area contributed by atoms with E-state index in [0.717, 1.165) is 12.8 Å². The lowest BCUT2D eigenvalue weighted by Gasteiger charge is -2.12. The minimum atomic E-state index is -0.0886. The zero-order chi connectivity index (χ0) is 11.1. The Morgan fingerprint density at radius 1 is 1.33 bits per heavy atom. The van der Waals surface area contributed by atoms with Crippen LogP contribution >= 0.6 is 13.5 Å². The average molecular weight is 233 g/mol. The summed E-state index contributed by atoms with van der Waals surface area (Å²) in [6, 6.07) is 0. The molecule has 1 atom stereocenters. The van der Waals surface area contributed by atoms with Crippen molar-refractivity contribution in [2.75, 3.05) is 6.54 Å². The van der Waals surface area contributed by atoms with Gasteiger partial charge >= 0.3 is 0 Å². The van der Waals surface area contributed by atoms with Crippen LogP contribution in [-0.4, -0.2) is 23.3 Å². The van der Waals surface area contributed by atoms with Crippen LogP contribution in [0, 0.1) is 5.92 Å². The van der Waals surface area contributed by atoms with E-state index in [4.69, 9.17) is 0 Å². The van der Waals surface area contributed by atoms with Crippen LogP contribution in [0.2, 0.25) is 0 Å². The molecule has 1 unspecified atom stereocenters. The molecule has 1 heterocycles. The Bertz CT molecular complexity index is 207. The molecule has 1 aliphatic heterocycles. The van der Waals surface area contributed by atoms with Crippen LogP contribution in [0.4, 0.5) is 0 Å². The largest absolute Gasteiger partial charge is 0.282 e. The molecule has 0 radical (unpaired) electrons. The summed E-state index contributed by atoms with van der Waals surface area (Å²) >= 11 is 0. The Morgan fingerprint density at radius 2 is 1.87 bits per heavy atom. The third-order valence-corrected chi connectivity index (χ3v) is 2.20. The van der Waals surface area contributed by atoms with Gasteiger partial charge in [-0.15, -0.1) is 0 Å². The molecule has 0 aromatic rings. The van der Waals surface area contributed by atoms with Crippen LogP contribution in [0.5, 0.6) is 0 Å². The number of likely N-dealkylation sites (tertiary alicyclic amines) is 1. The van der Waals surface area contributed by atoms with Crippen LogP contribution in [-0.2, 0) is 9.59 Å². The number of carbonyl (C=O) groups excluding carboxylic acids is 2. The first-order chi connectivity index (χ1) is 6.66. The van der Waals surface area contributed by atoms with Crippen molar-refractivity contribution < 1.29 is 9.59 Å². The number of amides is 2. The van der Waals surface area contributed by atoms with Gasteiger partial charge in [-0.1, -0.05) is 34.1 Å². The van der Waals surface area contributed by atoms with Gasteiger partial charge in [0.2, 0.25) is 11.8 Å². The number of rotatable bonds is 3. The summed E-state index contributed by atoms with van der Waals surface area (Å²) in [5.74, 6) is -0.0799. The maximum absolute atomic E-state index is 11.3. The molecule has 1 aliphatic rings. The molecule has 0 bridgehead atoms. The topological polar surface area (TPSA) is 37.4 Å². The van der Waals surface area contributed by atoms with E-state index >= 15 is 0 Å². The highest BCUT2D eigenvalue weighted by atomic mass is 32.1. The van der Waals surface area contributed by atoms with Crippen LogP contribution in [0.1, 0.15) is 47.0 Å². The highest BCUT2D eigenvalue weighted by Gasteiger charge is 2.34. The first-order valence-electron chi connectivity index (χ1n) is 5.51. The minimum Gasteiger partial charge on any atom is -0.282 e. The van der Waals surface area contributed by atoms with Gasteiger partial charge in [-0.25, -0.2) is 0 Å². The second-order valence-electron chi connectivity index (χ2n) is 3.34. The van der Waals surface area contributed by atoms with Crippen molar-refractivity contribution in [2.24, 2.45) is 5.92 Å². The standard InChI is InChI=1S/C9H15NO2.C2H6.H2S/c1-3-4-5-10-8(11)6-7(2)9(10)12;1-2;/h7H,3-6H2,1-2H3;1-2H3;1H2. The highest BCUT2D eigenvalue weighted by molar-refractivity contribution is 7.59. The van der Waals surface area contributed by atoms with E-state index < -0.39 is 0 Å². The summed E-state index contributed by atoms with van der Waals surface area (Å²) in [4.78, 5) is 23.9. The Balaban J connectivity index is 0. The molecule has 0 spiro atoms. The van der Waals surface area contributed by atoms with Gasteiger partial charge in [0.15, 0.2) is 0 Å². The average Bonchev–Trinajstić information content (AvgIpc) is 2.43. The zero-order valence-electron chi connectivity index (χ0n) is 10.2. The van der Waals surface area contributed by atoms with Crippen LogP contribution in [0.15, 0.2) is 0 Å². The number of imide groups is 1. The van der Waals surface area contributed by atoms with Crippen molar-refractivity contribution in [2.45, 2.75) is 47.0 Å². The maximum atomic E-state index is 11.3. The summed E-state index contributed by atoms with van der Waals surface area (Å²) < 4.78 is 0. The van der Waals surface area contributed by atoms with Gasteiger partial charge < -0.3 is 0 Å². The van der Waals surface area contributed by atoms with Gasteiger partial charge in [0.1, 0.15) is 0 Å². The highest BCUT2D eigenvalue weighted by Crippen LogP contribution is 2.18. The van der Waals surface area contributed by atoms with Crippen molar-refractivity contribution >= 4 is 25.3 Å². The normalized spacial score (nSPS) is 19.5. The molecule has 1 rings (SSSR count). The number of carbonyl (C=O) groups is 2. The lowest BCUT2D eigenvalue weighted by atomic mass is 10.1. The molecule has 4 heteroatoms. The van der Waals surface area contributed by atoms with Gasteiger partial charge in [-0.05, 0) is 6.42 Å². The molecule has 0 N–H and O–H groups in total. The van der Waals surface area contributed by atoms with Crippen molar-refractivity contribution in [3.8, 4) is 0 Å². The molecular weight excluding hydrogens is 210 g/mol. The monoisotopic (exact) mass is 233 g/mol. The van der Waals surface area contributed by atoms with E-state index in [2.05, 4.69) is 6.92 Å². The molecule has 15 heavy (non-hydrogen) atoms. The molecule has 0 aromatic heterocycles. The third kappa shape index (κ3) is 4.69. The summed E-state index contributed by atoms with van der Waals surface area (Å²) in [6.45, 7) is 8.47. The van der Waals surface area contributed by atoms with Crippen LogP contribution < -0.4 is 0 Å². The molecular formula is C11H23NO2S. The van der Waals surface area contributed by atoms with Gasteiger partial charge in [-0.3, -0.25) is 14.5 Å². The first kappa shape index (κ1) is 16.9. The molecule has 2 amide bonds. The fourth-order valence-corrected chi connectivity index (χ4v) is 1.40. The number of unbranched alkanes of at least 4 members (excludes halogenated alkanes) is 1. The SMILES string of the molecule is CC.CCCCN1C(=O)CC(C)C1=O.S. The van der Waals surface area contributed by atoms with Crippen LogP contribution in [0.3, 0.4) is 0 Å². The Morgan fingerprint density at radius 3 is 2.20 bits per heavy atom. The Kier molecular flexibility index (Phi) is 9.88. The lowest BCUT2D eigenvalue weighted by molar-refractivity contribution is -0.139. The fraction of sp³-hybridized carbons (Fsp3) is 0.818. The molecule has 0 saturated carbocycles. The molecule has 3 nitrogen and oxygen atoms in total. The zero-order valence-corrected chi connectivity index (χ0v) is 11.2. The molecule has 1 saturated heterocycles. The van der Waals surface area contributed by atoms with E-state index in [9.17, 15) is 9.59 Å². The van der Waals surface area contributed by atoms with Gasteiger partial charge in [0.05, 0.1) is 0 Å².